The van der Waals surface area contributed by atoms with E-state index in [2.05, 4.69) is 15.9 Å². The first-order valence-corrected chi connectivity index (χ1v) is 4.95. The van der Waals surface area contributed by atoms with Crippen LogP contribution in [-0.2, 0) is 6.18 Å². The van der Waals surface area contributed by atoms with Gasteiger partial charge in [0.25, 0.3) is 0 Å². The van der Waals surface area contributed by atoms with Crippen LogP contribution in [0, 0.1) is 5.82 Å². The predicted octanol–water partition coefficient (Wildman–Crippen LogP) is 3.42. The zero-order chi connectivity index (χ0) is 11.6. The smallest absolute Gasteiger partial charge is 0.293 e. The Morgan fingerprint density at radius 3 is 2.40 bits per heavy atom. The van der Waals surface area contributed by atoms with Crippen LogP contribution in [0.1, 0.15) is 15.9 Å². The van der Waals surface area contributed by atoms with E-state index < -0.39 is 28.9 Å². The summed E-state index contributed by atoms with van der Waals surface area (Å²) in [6, 6.07) is 2.42. The van der Waals surface area contributed by atoms with E-state index in [-0.39, 0.29) is 5.33 Å². The van der Waals surface area contributed by atoms with Crippen LogP contribution in [0.2, 0.25) is 0 Å². The van der Waals surface area contributed by atoms with E-state index in [0.29, 0.717) is 6.07 Å². The lowest BCUT2D eigenvalue weighted by atomic mass is 10.0. The molecule has 0 spiro atoms. The van der Waals surface area contributed by atoms with Crippen molar-refractivity contribution in [2.45, 2.75) is 6.18 Å². The summed E-state index contributed by atoms with van der Waals surface area (Å²) in [5.41, 5.74) is -2.16. The Morgan fingerprint density at radius 2 is 1.93 bits per heavy atom. The van der Waals surface area contributed by atoms with Gasteiger partial charge in [-0.15, -0.1) is 0 Å². The molecule has 0 aliphatic carbocycles. The number of Topliss-reactive ketones (excluding diaryl/α,β-unsaturated/α-hetero) is 1. The zero-order valence-corrected chi connectivity index (χ0v) is 8.82. The van der Waals surface area contributed by atoms with Gasteiger partial charge in [-0.1, -0.05) is 22.0 Å². The number of ketones is 1. The molecule has 0 radical (unpaired) electrons. The molecule has 1 nitrogen and oxygen atoms in total. The molecule has 1 aromatic carbocycles. The van der Waals surface area contributed by atoms with Gasteiger partial charge in [-0.05, 0) is 12.1 Å². The van der Waals surface area contributed by atoms with Gasteiger partial charge in [-0.2, -0.15) is 13.2 Å². The Bertz CT molecular complexity index is 386. The van der Waals surface area contributed by atoms with Crippen molar-refractivity contribution in [1.29, 1.82) is 0 Å². The molecule has 0 N–H and O–H groups in total. The summed E-state index contributed by atoms with van der Waals surface area (Å²) in [5, 5.41) is -0.350. The number of carbonyl (C=O) groups excluding carboxylic acids is 1. The maximum absolute atomic E-state index is 13.1. The van der Waals surface area contributed by atoms with E-state index >= 15 is 0 Å². The molecule has 15 heavy (non-hydrogen) atoms. The van der Waals surface area contributed by atoms with Crippen LogP contribution in [-0.4, -0.2) is 11.1 Å². The van der Waals surface area contributed by atoms with E-state index in [4.69, 9.17) is 0 Å². The van der Waals surface area contributed by atoms with Gasteiger partial charge in [-0.25, -0.2) is 4.39 Å². The fourth-order valence-corrected chi connectivity index (χ4v) is 1.39. The highest BCUT2D eigenvalue weighted by atomic mass is 79.9. The number of hydrogen-bond donors (Lipinski definition) is 0. The molecule has 6 heteroatoms. The number of benzene rings is 1. The second-order valence-electron chi connectivity index (χ2n) is 2.72. The lowest BCUT2D eigenvalue weighted by molar-refractivity contribution is -0.138. The van der Waals surface area contributed by atoms with Crippen LogP contribution < -0.4 is 0 Å². The fraction of sp³-hybridized carbons (Fsp3) is 0.222. The topological polar surface area (TPSA) is 17.1 Å². The SMILES string of the molecule is O=C(CBr)c1c(F)cccc1C(F)(F)F. The first kappa shape index (κ1) is 12.2. The first-order valence-electron chi connectivity index (χ1n) is 3.82. The molecule has 0 atom stereocenters. The largest absolute Gasteiger partial charge is 0.417 e. The fourth-order valence-electron chi connectivity index (χ4n) is 1.11. The molecule has 0 saturated heterocycles. The average Bonchev–Trinajstić information content (AvgIpc) is 2.15. The van der Waals surface area contributed by atoms with Crippen LogP contribution in [0.15, 0.2) is 18.2 Å². The molecular weight excluding hydrogens is 280 g/mol. The van der Waals surface area contributed by atoms with E-state index in [9.17, 15) is 22.4 Å². The molecule has 0 amide bonds. The molecule has 1 aromatic rings. The second-order valence-corrected chi connectivity index (χ2v) is 3.28. The summed E-state index contributed by atoms with van der Waals surface area (Å²) in [7, 11) is 0. The van der Waals surface area contributed by atoms with Crippen LogP contribution in [0.25, 0.3) is 0 Å². The molecule has 0 aliphatic heterocycles. The van der Waals surface area contributed by atoms with Gasteiger partial charge in [-0.3, -0.25) is 4.79 Å². The zero-order valence-electron chi connectivity index (χ0n) is 7.24. The molecule has 0 fully saturated rings. The van der Waals surface area contributed by atoms with Crippen LogP contribution in [0.5, 0.6) is 0 Å². The summed E-state index contributed by atoms with van der Waals surface area (Å²) in [6.07, 6.45) is -4.73. The van der Waals surface area contributed by atoms with Crippen molar-refractivity contribution in [2.24, 2.45) is 0 Å². The first-order chi connectivity index (χ1) is 6.88. The Hall–Kier alpha value is -0.910. The molecule has 1 rings (SSSR count). The number of hydrogen-bond acceptors (Lipinski definition) is 1. The minimum Gasteiger partial charge on any atom is -0.293 e. The van der Waals surface area contributed by atoms with Gasteiger partial charge in [0.05, 0.1) is 16.5 Å². The minimum atomic E-state index is -4.73. The molecule has 82 valence electrons. The third-order valence-electron chi connectivity index (χ3n) is 1.72. The van der Waals surface area contributed by atoms with Crippen molar-refractivity contribution in [3.05, 3.63) is 35.1 Å². The molecular formula is C9H5BrF4O. The number of alkyl halides is 4. The van der Waals surface area contributed by atoms with Gasteiger partial charge in [0.1, 0.15) is 5.82 Å². The quantitative estimate of drug-likeness (QED) is 0.462. The van der Waals surface area contributed by atoms with Gasteiger partial charge >= 0.3 is 6.18 Å². The lowest BCUT2D eigenvalue weighted by Gasteiger charge is -2.11. The summed E-state index contributed by atoms with van der Waals surface area (Å²) >= 11 is 2.70. The van der Waals surface area contributed by atoms with Gasteiger partial charge < -0.3 is 0 Å². The van der Waals surface area contributed by atoms with Crippen molar-refractivity contribution in [1.82, 2.24) is 0 Å². The van der Waals surface area contributed by atoms with Crippen LogP contribution >= 0.6 is 15.9 Å². The number of rotatable bonds is 2. The van der Waals surface area contributed by atoms with Crippen LogP contribution in [0.3, 0.4) is 0 Å². The van der Waals surface area contributed by atoms with E-state index in [0.717, 1.165) is 12.1 Å². The number of carbonyl (C=O) groups is 1. The minimum absolute atomic E-state index is 0.350. The summed E-state index contributed by atoms with van der Waals surface area (Å²) in [5.74, 6) is -2.09. The average molecular weight is 285 g/mol. The Labute approximate surface area is 91.2 Å². The Balaban J connectivity index is 3.40. The number of halogens is 5. The van der Waals surface area contributed by atoms with Crippen molar-refractivity contribution in [3.8, 4) is 0 Å². The van der Waals surface area contributed by atoms with E-state index in [1.165, 1.54) is 0 Å². The van der Waals surface area contributed by atoms with Crippen molar-refractivity contribution in [2.75, 3.05) is 5.33 Å². The normalized spacial score (nSPS) is 11.5. The third-order valence-corrected chi connectivity index (χ3v) is 2.23. The van der Waals surface area contributed by atoms with Gasteiger partial charge in [0, 0.05) is 0 Å². The third kappa shape index (κ3) is 2.56. The summed E-state index contributed by atoms with van der Waals surface area (Å²) in [6.45, 7) is 0. The molecule has 0 heterocycles. The lowest BCUT2D eigenvalue weighted by Crippen LogP contribution is -2.15. The monoisotopic (exact) mass is 284 g/mol. The van der Waals surface area contributed by atoms with Crippen molar-refractivity contribution >= 4 is 21.7 Å². The molecule has 0 bridgehead atoms. The molecule has 0 aromatic heterocycles. The van der Waals surface area contributed by atoms with Gasteiger partial charge in [0.2, 0.25) is 0 Å². The maximum atomic E-state index is 13.1. The highest BCUT2D eigenvalue weighted by Gasteiger charge is 2.36. The van der Waals surface area contributed by atoms with Crippen molar-refractivity contribution < 1.29 is 22.4 Å². The Kier molecular flexibility index (Phi) is 3.49. The molecule has 0 aliphatic rings. The predicted molar refractivity (Wildman–Crippen MR) is 49.5 cm³/mol. The standard InChI is InChI=1S/C9H5BrF4O/c10-4-7(15)8-5(9(12,13)14)2-1-3-6(8)11/h1-3H,4H2. The highest BCUT2D eigenvalue weighted by Crippen LogP contribution is 2.33. The summed E-state index contributed by atoms with van der Waals surface area (Å²) < 4.78 is 50.2. The van der Waals surface area contributed by atoms with Gasteiger partial charge in [0.15, 0.2) is 5.78 Å². The van der Waals surface area contributed by atoms with E-state index in [1.54, 1.807) is 0 Å². The maximum Gasteiger partial charge on any atom is 0.417 e. The summed E-state index contributed by atoms with van der Waals surface area (Å²) in [4.78, 5) is 11.1. The second kappa shape index (κ2) is 4.30. The van der Waals surface area contributed by atoms with Crippen LogP contribution in [0.4, 0.5) is 17.6 Å². The van der Waals surface area contributed by atoms with Crippen molar-refractivity contribution in [3.63, 3.8) is 0 Å². The molecule has 0 unspecified atom stereocenters. The molecule has 0 saturated carbocycles. The Morgan fingerprint density at radius 1 is 1.33 bits per heavy atom. The highest BCUT2D eigenvalue weighted by molar-refractivity contribution is 9.09. The van der Waals surface area contributed by atoms with E-state index in [1.807, 2.05) is 0 Å².